The number of hydrogen-bond donors (Lipinski definition) is 1. The van der Waals surface area contributed by atoms with Gasteiger partial charge in [-0.1, -0.05) is 42.5 Å². The van der Waals surface area contributed by atoms with E-state index in [4.69, 9.17) is 4.74 Å². The summed E-state index contributed by atoms with van der Waals surface area (Å²) in [6, 6.07) is 19.5. The van der Waals surface area contributed by atoms with E-state index >= 15 is 0 Å². The number of nitrogens with zero attached hydrogens (tertiary/aromatic N) is 2. The first-order valence-corrected chi connectivity index (χ1v) is 10.3. The molecule has 8 nitrogen and oxygen atoms in total. The molecule has 0 bridgehead atoms. The number of ketones is 1. The first-order chi connectivity index (χ1) is 15.9. The predicted molar refractivity (Wildman–Crippen MR) is 122 cm³/mol. The van der Waals surface area contributed by atoms with Gasteiger partial charge in [0.2, 0.25) is 0 Å². The topological polar surface area (TPSA) is 110 Å². The van der Waals surface area contributed by atoms with E-state index in [2.05, 4.69) is 0 Å². The largest absolute Gasteiger partial charge is 0.507 e. The van der Waals surface area contributed by atoms with Crippen molar-refractivity contribution in [1.29, 1.82) is 0 Å². The van der Waals surface area contributed by atoms with Gasteiger partial charge in [0.15, 0.2) is 0 Å². The van der Waals surface area contributed by atoms with Crippen LogP contribution in [0.3, 0.4) is 0 Å². The molecule has 1 saturated heterocycles. The molecule has 1 N–H and O–H groups in total. The molecule has 0 aromatic heterocycles. The summed E-state index contributed by atoms with van der Waals surface area (Å²) >= 11 is 0. The van der Waals surface area contributed by atoms with E-state index in [-0.39, 0.29) is 16.8 Å². The number of carbonyl (C=O) groups is 2. The molecule has 4 rings (SSSR count). The summed E-state index contributed by atoms with van der Waals surface area (Å²) in [5.41, 5.74) is 0.309. The van der Waals surface area contributed by atoms with Crippen LogP contribution < -0.4 is 9.64 Å². The third-order valence-electron chi connectivity index (χ3n) is 5.35. The van der Waals surface area contributed by atoms with E-state index in [9.17, 15) is 24.8 Å². The van der Waals surface area contributed by atoms with Crippen LogP contribution in [0, 0.1) is 10.1 Å². The number of aliphatic hydroxyl groups is 1. The van der Waals surface area contributed by atoms with Crippen molar-refractivity contribution in [3.63, 3.8) is 0 Å². The van der Waals surface area contributed by atoms with Crippen LogP contribution in [0.25, 0.3) is 5.76 Å². The molecule has 1 fully saturated rings. The molecular formula is C25H20N2O6. The highest BCUT2D eigenvalue weighted by Gasteiger charge is 2.48. The maximum Gasteiger partial charge on any atom is 0.300 e. The van der Waals surface area contributed by atoms with Gasteiger partial charge in [-0.2, -0.15) is 0 Å². The van der Waals surface area contributed by atoms with E-state index in [1.165, 1.54) is 23.1 Å². The highest BCUT2D eigenvalue weighted by molar-refractivity contribution is 6.51. The quantitative estimate of drug-likeness (QED) is 0.195. The number of carbonyl (C=O) groups excluding carboxylic acids is 2. The molecule has 1 amide bonds. The lowest BCUT2D eigenvalue weighted by Gasteiger charge is -2.25. The van der Waals surface area contributed by atoms with Crippen LogP contribution in [0.1, 0.15) is 24.1 Å². The molecule has 33 heavy (non-hydrogen) atoms. The number of nitro benzene ring substituents is 1. The van der Waals surface area contributed by atoms with E-state index in [1.807, 2.05) is 6.92 Å². The Kier molecular flexibility index (Phi) is 5.91. The van der Waals surface area contributed by atoms with Gasteiger partial charge >= 0.3 is 0 Å². The molecule has 0 spiro atoms. The van der Waals surface area contributed by atoms with Crippen LogP contribution in [0.5, 0.6) is 5.75 Å². The zero-order valence-electron chi connectivity index (χ0n) is 17.7. The number of nitro groups is 1. The minimum Gasteiger partial charge on any atom is -0.507 e. The number of Topliss-reactive ketones (excluding diaryl/α,β-unsaturated/α-hetero) is 1. The van der Waals surface area contributed by atoms with E-state index < -0.39 is 28.4 Å². The van der Waals surface area contributed by atoms with Crippen molar-refractivity contribution < 1.29 is 24.4 Å². The Morgan fingerprint density at radius 3 is 2.27 bits per heavy atom. The molecule has 0 radical (unpaired) electrons. The maximum absolute atomic E-state index is 13.2. The summed E-state index contributed by atoms with van der Waals surface area (Å²) in [5.74, 6) is -1.64. The highest BCUT2D eigenvalue weighted by Crippen LogP contribution is 2.44. The summed E-state index contributed by atoms with van der Waals surface area (Å²) in [5, 5.41) is 22.8. The van der Waals surface area contributed by atoms with Gasteiger partial charge in [-0.3, -0.25) is 24.6 Å². The van der Waals surface area contributed by atoms with E-state index in [0.29, 0.717) is 23.6 Å². The number of para-hydroxylation sites is 1. The normalized spacial score (nSPS) is 17.2. The number of benzene rings is 3. The monoisotopic (exact) mass is 444 g/mol. The predicted octanol–water partition coefficient (Wildman–Crippen LogP) is 4.62. The third-order valence-corrected chi connectivity index (χ3v) is 5.35. The first-order valence-electron chi connectivity index (χ1n) is 10.3. The molecule has 1 atom stereocenters. The van der Waals surface area contributed by atoms with Gasteiger partial charge in [-0.25, -0.2) is 0 Å². The Bertz CT molecular complexity index is 1250. The Morgan fingerprint density at radius 1 is 1.00 bits per heavy atom. The van der Waals surface area contributed by atoms with Crippen LogP contribution in [-0.2, 0) is 9.59 Å². The van der Waals surface area contributed by atoms with Crippen LogP contribution >= 0.6 is 0 Å². The highest BCUT2D eigenvalue weighted by atomic mass is 16.6. The van der Waals surface area contributed by atoms with Crippen LogP contribution in [-0.4, -0.2) is 28.3 Å². The fourth-order valence-electron chi connectivity index (χ4n) is 3.90. The van der Waals surface area contributed by atoms with Crippen molar-refractivity contribution in [2.45, 2.75) is 13.0 Å². The Morgan fingerprint density at radius 2 is 1.64 bits per heavy atom. The average molecular weight is 444 g/mol. The van der Waals surface area contributed by atoms with Gasteiger partial charge < -0.3 is 9.84 Å². The Hall–Kier alpha value is -4.46. The maximum atomic E-state index is 13.2. The average Bonchev–Trinajstić information content (AvgIpc) is 3.10. The van der Waals surface area contributed by atoms with Crippen LogP contribution in [0.4, 0.5) is 11.4 Å². The van der Waals surface area contributed by atoms with E-state index in [0.717, 1.165) is 0 Å². The summed E-state index contributed by atoms with van der Waals surface area (Å²) < 4.78 is 5.44. The first kappa shape index (κ1) is 21.8. The van der Waals surface area contributed by atoms with Crippen LogP contribution in [0.2, 0.25) is 0 Å². The molecule has 1 aliphatic heterocycles. The summed E-state index contributed by atoms with van der Waals surface area (Å²) in [6.45, 7) is 2.29. The zero-order chi connectivity index (χ0) is 23.5. The second kappa shape index (κ2) is 8.96. The van der Waals surface area contributed by atoms with Gasteiger partial charge in [0.05, 0.1) is 22.7 Å². The number of hydrogen-bond acceptors (Lipinski definition) is 6. The van der Waals surface area contributed by atoms with Crippen LogP contribution in [0.15, 0.2) is 84.4 Å². The standard InChI is InChI=1S/C25H20N2O6/c1-2-33-18-14-12-17(13-15-18)26-22(19-10-6-7-11-20(19)27(31)32)21(24(29)25(26)30)23(28)16-8-4-3-5-9-16/h3-15,22,28H,2H2,1H3/t22-/m0/s1. The van der Waals surface area contributed by atoms with E-state index in [1.54, 1.807) is 60.7 Å². The van der Waals surface area contributed by atoms with Crippen molar-refractivity contribution in [1.82, 2.24) is 0 Å². The molecule has 1 heterocycles. The smallest absolute Gasteiger partial charge is 0.300 e. The summed E-state index contributed by atoms with van der Waals surface area (Å²) in [7, 11) is 0. The van der Waals surface area contributed by atoms with Crippen molar-refractivity contribution >= 4 is 28.8 Å². The van der Waals surface area contributed by atoms with Gasteiger partial charge in [0, 0.05) is 17.3 Å². The summed E-state index contributed by atoms with van der Waals surface area (Å²) in [6.07, 6.45) is 0. The van der Waals surface area contributed by atoms with Gasteiger partial charge in [0.25, 0.3) is 17.4 Å². The number of rotatable bonds is 6. The van der Waals surface area contributed by atoms with Gasteiger partial charge in [-0.05, 0) is 37.3 Å². The lowest BCUT2D eigenvalue weighted by molar-refractivity contribution is -0.385. The summed E-state index contributed by atoms with van der Waals surface area (Å²) in [4.78, 5) is 38.7. The third kappa shape index (κ3) is 3.94. The number of anilines is 1. The second-order valence-corrected chi connectivity index (χ2v) is 7.28. The SMILES string of the molecule is CCOc1ccc(N2C(=O)C(=O)C(=C(O)c3ccccc3)[C@@H]2c2ccccc2[N+](=O)[O-])cc1. The number of aliphatic hydroxyl groups excluding tert-OH is 1. The minimum absolute atomic E-state index is 0.119. The van der Waals surface area contributed by atoms with Gasteiger partial charge in [0.1, 0.15) is 17.6 Å². The molecule has 1 aliphatic rings. The molecule has 8 heteroatoms. The molecule has 166 valence electrons. The lowest BCUT2D eigenvalue weighted by atomic mass is 9.94. The Labute approximate surface area is 189 Å². The molecule has 3 aromatic rings. The molecule has 0 unspecified atom stereocenters. The molecule has 0 saturated carbocycles. The zero-order valence-corrected chi connectivity index (χ0v) is 17.7. The number of amides is 1. The van der Waals surface area contributed by atoms with Crippen molar-refractivity contribution in [3.05, 3.63) is 106 Å². The molecular weight excluding hydrogens is 424 g/mol. The van der Waals surface area contributed by atoms with Gasteiger partial charge in [-0.15, -0.1) is 0 Å². The lowest BCUT2D eigenvalue weighted by Crippen LogP contribution is -2.29. The Balaban J connectivity index is 1.95. The van der Waals surface area contributed by atoms with Crippen molar-refractivity contribution in [2.75, 3.05) is 11.5 Å². The fraction of sp³-hybridized carbons (Fsp3) is 0.120. The fourth-order valence-corrected chi connectivity index (χ4v) is 3.90. The second-order valence-electron chi connectivity index (χ2n) is 7.28. The molecule has 0 aliphatic carbocycles. The van der Waals surface area contributed by atoms with Crippen molar-refractivity contribution in [2.24, 2.45) is 0 Å². The molecule has 3 aromatic carbocycles. The number of ether oxygens (including phenoxy) is 1. The minimum atomic E-state index is -1.19. The van der Waals surface area contributed by atoms with Crippen molar-refractivity contribution in [3.8, 4) is 5.75 Å².